The van der Waals surface area contributed by atoms with Crippen LogP contribution in [0.1, 0.15) is 42.6 Å². The molecule has 1 aromatic rings. The summed E-state index contributed by atoms with van der Waals surface area (Å²) in [5.74, 6) is 1.30. The molecular weight excluding hydrogens is 485 g/mol. The van der Waals surface area contributed by atoms with Gasteiger partial charge >= 0.3 is 5.97 Å². The van der Waals surface area contributed by atoms with Gasteiger partial charge in [-0.2, -0.15) is 0 Å². The first-order valence-corrected chi connectivity index (χ1v) is 10.2. The number of hydrogen-bond donors (Lipinski definition) is 1. The van der Waals surface area contributed by atoms with Crippen LogP contribution >= 0.6 is 24.0 Å². The highest BCUT2D eigenvalue weighted by atomic mass is 127. The van der Waals surface area contributed by atoms with E-state index in [0.29, 0.717) is 42.7 Å². The maximum Gasteiger partial charge on any atom is 0.341 e. The summed E-state index contributed by atoms with van der Waals surface area (Å²) < 4.78 is 33.9. The summed E-state index contributed by atoms with van der Waals surface area (Å²) in [5, 5.41) is 3.19. The Labute approximate surface area is 177 Å². The largest absolute Gasteiger partial charge is 0.465 e. The number of nitrogens with zero attached hydrogens (tertiary/aromatic N) is 2. The van der Waals surface area contributed by atoms with E-state index in [-0.39, 0.29) is 36.3 Å². The second kappa shape index (κ2) is 9.26. The van der Waals surface area contributed by atoms with Crippen LogP contribution in [-0.4, -0.2) is 62.5 Å². The molecule has 0 radical (unpaired) electrons. The number of halogens is 1. The van der Waals surface area contributed by atoms with Crippen molar-refractivity contribution in [1.82, 2.24) is 10.2 Å². The first-order valence-electron chi connectivity index (χ1n) is 8.54. The fourth-order valence-electron chi connectivity index (χ4n) is 2.84. The summed E-state index contributed by atoms with van der Waals surface area (Å²) >= 11 is 0. The lowest BCUT2D eigenvalue weighted by Crippen LogP contribution is -2.57. The van der Waals surface area contributed by atoms with Gasteiger partial charge in [-0.3, -0.25) is 0 Å². The summed E-state index contributed by atoms with van der Waals surface area (Å²) in [6, 6.07) is 1.62. The van der Waals surface area contributed by atoms with Crippen molar-refractivity contribution in [2.75, 3.05) is 32.5 Å². The van der Waals surface area contributed by atoms with Gasteiger partial charge in [0.25, 0.3) is 0 Å². The van der Waals surface area contributed by atoms with Gasteiger partial charge in [0.2, 0.25) is 0 Å². The standard InChI is InChI=1S/C17H27N3O5S.HI/c1-6-18-16(20-7-8-26(22,23)17(3,4)11-20)19-10-13-9-14(12(2)25-13)15(21)24-5;/h9H,6-8,10-11H2,1-5H3,(H,18,19);1H. The smallest absolute Gasteiger partial charge is 0.341 e. The topological polar surface area (TPSA) is 101 Å². The number of aliphatic imine (C=N–C) groups is 1. The third-order valence-electron chi connectivity index (χ3n) is 4.44. The van der Waals surface area contributed by atoms with Crippen LogP contribution in [0.4, 0.5) is 0 Å². The van der Waals surface area contributed by atoms with E-state index in [4.69, 9.17) is 9.15 Å². The number of rotatable bonds is 4. The third kappa shape index (κ3) is 5.37. The number of guanidine groups is 1. The molecule has 0 aliphatic carbocycles. The molecule has 0 aromatic carbocycles. The first-order chi connectivity index (χ1) is 12.1. The Bertz CT molecular complexity index is 801. The van der Waals surface area contributed by atoms with Crippen LogP contribution in [-0.2, 0) is 21.1 Å². The molecule has 154 valence electrons. The van der Waals surface area contributed by atoms with Crippen LogP contribution < -0.4 is 5.32 Å². The predicted octanol–water partition coefficient (Wildman–Crippen LogP) is 1.97. The Kier molecular flexibility index (Phi) is 8.14. The summed E-state index contributed by atoms with van der Waals surface area (Å²) in [6.45, 7) is 8.77. The zero-order valence-electron chi connectivity index (χ0n) is 16.4. The highest BCUT2D eigenvalue weighted by molar-refractivity contribution is 14.0. The second-order valence-electron chi connectivity index (χ2n) is 6.84. The Morgan fingerprint density at radius 1 is 1.44 bits per heavy atom. The van der Waals surface area contributed by atoms with E-state index in [1.807, 2.05) is 11.8 Å². The molecule has 8 nitrogen and oxygen atoms in total. The van der Waals surface area contributed by atoms with Crippen LogP contribution in [0.3, 0.4) is 0 Å². The van der Waals surface area contributed by atoms with Crippen molar-refractivity contribution in [2.24, 2.45) is 4.99 Å². The Hall–Kier alpha value is -1.30. The number of hydrogen-bond acceptors (Lipinski definition) is 6. The molecule has 1 aliphatic rings. The SMILES string of the molecule is CCNC(=NCc1cc(C(=O)OC)c(C)o1)N1CCS(=O)(=O)C(C)(C)C1.I. The molecule has 1 saturated heterocycles. The van der Waals surface area contributed by atoms with Gasteiger partial charge in [0.05, 0.1) is 17.6 Å². The van der Waals surface area contributed by atoms with Crippen molar-refractivity contribution in [2.45, 2.75) is 39.0 Å². The average Bonchev–Trinajstić information content (AvgIpc) is 2.94. The molecule has 0 unspecified atom stereocenters. The molecule has 0 bridgehead atoms. The van der Waals surface area contributed by atoms with Crippen LogP contribution in [0.15, 0.2) is 15.5 Å². The van der Waals surface area contributed by atoms with Gasteiger partial charge in [0, 0.05) is 19.6 Å². The monoisotopic (exact) mass is 513 g/mol. The van der Waals surface area contributed by atoms with Crippen LogP contribution in [0.25, 0.3) is 0 Å². The molecule has 0 amide bonds. The van der Waals surface area contributed by atoms with Crippen molar-refractivity contribution in [3.63, 3.8) is 0 Å². The lowest BCUT2D eigenvalue weighted by molar-refractivity contribution is 0.0599. The summed E-state index contributed by atoms with van der Waals surface area (Å²) in [7, 11) is -1.80. The Morgan fingerprint density at radius 3 is 2.67 bits per heavy atom. The van der Waals surface area contributed by atoms with Gasteiger partial charge in [-0.25, -0.2) is 18.2 Å². The molecule has 27 heavy (non-hydrogen) atoms. The number of methoxy groups -OCH3 is 1. The van der Waals surface area contributed by atoms with Crippen molar-refractivity contribution in [1.29, 1.82) is 0 Å². The van der Waals surface area contributed by atoms with Crippen LogP contribution in [0, 0.1) is 6.92 Å². The highest BCUT2D eigenvalue weighted by Gasteiger charge is 2.40. The molecule has 2 heterocycles. The number of aryl methyl sites for hydroxylation is 1. The number of furan rings is 1. The lowest BCUT2D eigenvalue weighted by Gasteiger charge is -2.39. The average molecular weight is 513 g/mol. The van der Waals surface area contributed by atoms with Crippen molar-refractivity contribution in [3.8, 4) is 0 Å². The van der Waals surface area contributed by atoms with Gasteiger partial charge in [0.15, 0.2) is 15.8 Å². The van der Waals surface area contributed by atoms with E-state index in [9.17, 15) is 13.2 Å². The highest BCUT2D eigenvalue weighted by Crippen LogP contribution is 2.24. The zero-order valence-corrected chi connectivity index (χ0v) is 19.5. The fourth-order valence-corrected chi connectivity index (χ4v) is 4.20. The summed E-state index contributed by atoms with van der Waals surface area (Å²) in [5.41, 5.74) is 0.382. The number of carbonyl (C=O) groups is 1. The van der Waals surface area contributed by atoms with E-state index >= 15 is 0 Å². The normalized spacial score (nSPS) is 18.6. The lowest BCUT2D eigenvalue weighted by atomic mass is 10.2. The molecule has 2 rings (SSSR count). The van der Waals surface area contributed by atoms with Crippen LogP contribution in [0.2, 0.25) is 0 Å². The third-order valence-corrected chi connectivity index (χ3v) is 6.97. The number of esters is 1. The minimum atomic E-state index is -3.12. The minimum Gasteiger partial charge on any atom is -0.465 e. The number of carbonyl (C=O) groups excluding carboxylic acids is 1. The van der Waals surface area contributed by atoms with Gasteiger partial charge in [-0.1, -0.05) is 0 Å². The maximum absolute atomic E-state index is 12.2. The maximum atomic E-state index is 12.2. The number of sulfone groups is 1. The van der Waals surface area contributed by atoms with Gasteiger partial charge in [0.1, 0.15) is 23.6 Å². The quantitative estimate of drug-likeness (QED) is 0.284. The van der Waals surface area contributed by atoms with E-state index in [1.165, 1.54) is 7.11 Å². The Morgan fingerprint density at radius 2 is 2.11 bits per heavy atom. The predicted molar refractivity (Wildman–Crippen MR) is 114 cm³/mol. The molecular formula is C17H28IN3O5S. The van der Waals surface area contributed by atoms with Gasteiger partial charge < -0.3 is 19.4 Å². The van der Waals surface area contributed by atoms with Crippen LogP contribution in [0.5, 0.6) is 0 Å². The minimum absolute atomic E-state index is 0. The second-order valence-corrected chi connectivity index (χ2v) is 9.59. The van der Waals surface area contributed by atoms with Gasteiger partial charge in [-0.05, 0) is 33.8 Å². The molecule has 1 N–H and O–H groups in total. The molecule has 1 aromatic heterocycles. The molecule has 1 aliphatic heterocycles. The number of ether oxygens (including phenoxy) is 1. The van der Waals surface area contributed by atoms with Gasteiger partial charge in [-0.15, -0.1) is 24.0 Å². The van der Waals surface area contributed by atoms with Crippen molar-refractivity contribution >= 4 is 45.7 Å². The summed E-state index contributed by atoms with van der Waals surface area (Å²) in [4.78, 5) is 18.2. The summed E-state index contributed by atoms with van der Waals surface area (Å²) in [6.07, 6.45) is 0. The van der Waals surface area contributed by atoms with E-state index in [1.54, 1.807) is 26.8 Å². The van der Waals surface area contributed by atoms with Crippen molar-refractivity contribution < 1.29 is 22.4 Å². The molecule has 10 heteroatoms. The molecule has 1 fully saturated rings. The molecule has 0 atom stereocenters. The first kappa shape index (κ1) is 23.7. The number of nitrogens with one attached hydrogen (secondary N) is 1. The zero-order chi connectivity index (χ0) is 19.5. The Balaban J connectivity index is 0.00000364. The molecule has 0 saturated carbocycles. The van der Waals surface area contributed by atoms with E-state index in [0.717, 1.165) is 0 Å². The van der Waals surface area contributed by atoms with Crippen molar-refractivity contribution in [3.05, 3.63) is 23.2 Å². The molecule has 0 spiro atoms. The van der Waals surface area contributed by atoms with E-state index < -0.39 is 20.6 Å². The van der Waals surface area contributed by atoms with E-state index in [2.05, 4.69) is 10.3 Å². The fraction of sp³-hybridized carbons (Fsp3) is 0.647.